The Morgan fingerprint density at radius 1 is 0.343 bits per heavy atom. The highest BCUT2D eigenvalue weighted by Crippen LogP contribution is 2.19. The summed E-state index contributed by atoms with van der Waals surface area (Å²) >= 11 is 0. The van der Waals surface area contributed by atoms with Gasteiger partial charge in [-0.3, -0.25) is 9.59 Å². The van der Waals surface area contributed by atoms with Crippen LogP contribution in [0.1, 0.15) is 373 Å². The van der Waals surface area contributed by atoms with E-state index in [4.69, 9.17) is 4.74 Å². The first kappa shape index (κ1) is 68.9. The average Bonchev–Trinajstić information content (AvgIpc) is 3.36. The van der Waals surface area contributed by atoms with Crippen molar-refractivity contribution in [2.24, 2.45) is 0 Å². The van der Waals surface area contributed by atoms with Crippen molar-refractivity contribution in [3.8, 4) is 0 Å². The molecule has 0 aliphatic carbocycles. The summed E-state index contributed by atoms with van der Waals surface area (Å²) in [5, 5.41) is 23.3. The predicted molar refractivity (Wildman–Crippen MR) is 306 cm³/mol. The Labute approximate surface area is 438 Å². The molecule has 0 aliphatic rings. The summed E-state index contributed by atoms with van der Waals surface area (Å²) in [6.07, 6.45) is 71.2. The van der Waals surface area contributed by atoms with Crippen LogP contribution in [0, 0.1) is 0 Å². The normalized spacial score (nSPS) is 12.5. The number of carbonyl (C=O) groups is 2. The van der Waals surface area contributed by atoms with Gasteiger partial charge in [0.15, 0.2) is 0 Å². The van der Waals surface area contributed by atoms with Crippen molar-refractivity contribution in [1.29, 1.82) is 0 Å². The van der Waals surface area contributed by atoms with Gasteiger partial charge in [-0.25, -0.2) is 0 Å². The van der Waals surface area contributed by atoms with Crippen molar-refractivity contribution in [3.63, 3.8) is 0 Å². The zero-order chi connectivity index (χ0) is 50.7. The third-order valence-electron chi connectivity index (χ3n) is 15.4. The highest BCUT2D eigenvalue weighted by molar-refractivity contribution is 5.76. The third kappa shape index (κ3) is 56.2. The van der Waals surface area contributed by atoms with E-state index in [-0.39, 0.29) is 18.5 Å². The molecule has 0 aromatic rings. The Morgan fingerprint density at radius 3 is 0.871 bits per heavy atom. The second-order valence-corrected chi connectivity index (χ2v) is 22.5. The van der Waals surface area contributed by atoms with E-state index in [1.807, 2.05) is 0 Å². The number of esters is 1. The molecule has 0 radical (unpaired) electrons. The molecule has 418 valence electrons. The van der Waals surface area contributed by atoms with Crippen LogP contribution in [-0.2, 0) is 14.3 Å². The van der Waals surface area contributed by atoms with Crippen LogP contribution in [0.25, 0.3) is 0 Å². The molecule has 0 aliphatic heterocycles. The van der Waals surface area contributed by atoms with Crippen molar-refractivity contribution in [1.82, 2.24) is 5.32 Å². The highest BCUT2D eigenvalue weighted by Gasteiger charge is 2.20. The molecule has 1 amide bonds. The minimum absolute atomic E-state index is 0.0151. The summed E-state index contributed by atoms with van der Waals surface area (Å²) in [7, 11) is 0. The molecule has 0 fully saturated rings. The zero-order valence-electron chi connectivity index (χ0n) is 47.8. The van der Waals surface area contributed by atoms with Gasteiger partial charge in [0, 0.05) is 12.8 Å². The van der Waals surface area contributed by atoms with E-state index >= 15 is 0 Å². The fraction of sp³-hybridized carbons (Fsp3) is 0.969. The van der Waals surface area contributed by atoms with E-state index in [0.29, 0.717) is 25.9 Å². The molecular weight excluding hydrogens is 863 g/mol. The van der Waals surface area contributed by atoms with Gasteiger partial charge in [-0.15, -0.1) is 0 Å². The van der Waals surface area contributed by atoms with E-state index in [0.717, 1.165) is 38.5 Å². The minimum atomic E-state index is -0.665. The molecule has 6 nitrogen and oxygen atoms in total. The van der Waals surface area contributed by atoms with Gasteiger partial charge in [0.2, 0.25) is 5.91 Å². The first-order valence-corrected chi connectivity index (χ1v) is 32.3. The second-order valence-electron chi connectivity index (χ2n) is 22.5. The van der Waals surface area contributed by atoms with Gasteiger partial charge in [0.05, 0.1) is 25.4 Å². The van der Waals surface area contributed by atoms with Gasteiger partial charge in [-0.2, -0.15) is 0 Å². The number of aliphatic hydroxyl groups is 2. The van der Waals surface area contributed by atoms with Crippen LogP contribution in [0.15, 0.2) is 0 Å². The van der Waals surface area contributed by atoms with Gasteiger partial charge in [0.25, 0.3) is 0 Å². The monoisotopic (exact) mass is 990 g/mol. The summed E-state index contributed by atoms with van der Waals surface area (Å²) < 4.78 is 5.51. The van der Waals surface area contributed by atoms with Crippen LogP contribution >= 0.6 is 0 Å². The summed E-state index contributed by atoms with van der Waals surface area (Å²) in [6.45, 7) is 4.99. The lowest BCUT2D eigenvalue weighted by atomic mass is 10.0. The number of rotatable bonds is 61. The number of aliphatic hydroxyl groups excluding tert-OH is 2. The zero-order valence-corrected chi connectivity index (χ0v) is 47.8. The van der Waals surface area contributed by atoms with Gasteiger partial charge < -0.3 is 20.3 Å². The van der Waals surface area contributed by atoms with E-state index < -0.39 is 12.1 Å². The van der Waals surface area contributed by atoms with E-state index in [1.54, 1.807) is 0 Å². The first-order chi connectivity index (χ1) is 34.5. The topological polar surface area (TPSA) is 95.9 Å². The Morgan fingerprint density at radius 2 is 0.586 bits per heavy atom. The average molecular weight is 991 g/mol. The van der Waals surface area contributed by atoms with Crippen molar-refractivity contribution < 1.29 is 24.5 Å². The lowest BCUT2D eigenvalue weighted by Gasteiger charge is -2.22. The van der Waals surface area contributed by atoms with Crippen molar-refractivity contribution >= 4 is 11.9 Å². The number of hydrogen-bond donors (Lipinski definition) is 3. The van der Waals surface area contributed by atoms with Crippen LogP contribution in [-0.4, -0.2) is 47.4 Å². The molecule has 0 saturated heterocycles. The standard InChI is InChI=1S/C64H127NO5/c1-3-5-7-9-11-13-15-17-19-20-22-26-30-34-38-42-46-50-54-58-64(69)70-59-55-51-47-43-39-35-31-27-24-21-23-25-29-33-37-41-45-49-53-57-63(68)65-61(60-66)62(67)56-52-48-44-40-36-32-28-18-16-14-12-10-8-6-4-2/h61-62,66-67H,3-60H2,1-2H3,(H,65,68). The third-order valence-corrected chi connectivity index (χ3v) is 15.4. The maximum atomic E-state index is 12.5. The molecule has 0 aromatic carbocycles. The molecule has 6 heteroatoms. The first-order valence-electron chi connectivity index (χ1n) is 32.3. The predicted octanol–water partition coefficient (Wildman–Crippen LogP) is 20.3. The molecule has 0 aromatic heterocycles. The number of carbonyl (C=O) groups excluding carboxylic acids is 2. The fourth-order valence-electron chi connectivity index (χ4n) is 10.5. The van der Waals surface area contributed by atoms with Crippen LogP contribution in [0.3, 0.4) is 0 Å². The van der Waals surface area contributed by atoms with Crippen LogP contribution in [0.4, 0.5) is 0 Å². The quantitative estimate of drug-likeness (QED) is 0.0417. The smallest absolute Gasteiger partial charge is 0.305 e. The molecule has 2 unspecified atom stereocenters. The molecule has 70 heavy (non-hydrogen) atoms. The maximum absolute atomic E-state index is 12.5. The van der Waals surface area contributed by atoms with Gasteiger partial charge in [-0.05, 0) is 25.7 Å². The largest absolute Gasteiger partial charge is 0.466 e. The number of nitrogens with one attached hydrogen (secondary N) is 1. The second kappa shape index (κ2) is 60.4. The summed E-state index contributed by atoms with van der Waals surface area (Å²) in [6, 6.07) is -0.542. The van der Waals surface area contributed by atoms with Crippen LogP contribution in [0.2, 0.25) is 0 Å². The van der Waals surface area contributed by atoms with Crippen molar-refractivity contribution in [3.05, 3.63) is 0 Å². The molecule has 0 rings (SSSR count). The Balaban J connectivity index is 3.35. The number of hydrogen-bond acceptors (Lipinski definition) is 5. The summed E-state index contributed by atoms with van der Waals surface area (Å²) in [4.78, 5) is 24.6. The minimum Gasteiger partial charge on any atom is -0.466 e. The highest BCUT2D eigenvalue weighted by atomic mass is 16.5. The number of ether oxygens (including phenoxy) is 1. The van der Waals surface area contributed by atoms with Crippen LogP contribution in [0.5, 0.6) is 0 Å². The van der Waals surface area contributed by atoms with Gasteiger partial charge >= 0.3 is 5.97 Å². The molecule has 0 spiro atoms. The molecule has 0 saturated carbocycles. The lowest BCUT2D eigenvalue weighted by molar-refractivity contribution is -0.143. The maximum Gasteiger partial charge on any atom is 0.305 e. The Bertz CT molecular complexity index is 1010. The lowest BCUT2D eigenvalue weighted by Crippen LogP contribution is -2.45. The van der Waals surface area contributed by atoms with E-state index in [1.165, 1.54) is 302 Å². The van der Waals surface area contributed by atoms with Crippen molar-refractivity contribution in [2.45, 2.75) is 386 Å². The van der Waals surface area contributed by atoms with E-state index in [2.05, 4.69) is 19.2 Å². The fourth-order valence-corrected chi connectivity index (χ4v) is 10.5. The molecule has 3 N–H and O–H groups in total. The van der Waals surface area contributed by atoms with Crippen LogP contribution < -0.4 is 5.32 Å². The molecule has 0 bridgehead atoms. The van der Waals surface area contributed by atoms with E-state index in [9.17, 15) is 19.8 Å². The molecule has 0 heterocycles. The molecular formula is C64H127NO5. The Hall–Kier alpha value is -1.14. The Kier molecular flexibility index (Phi) is 59.4. The van der Waals surface area contributed by atoms with Crippen molar-refractivity contribution in [2.75, 3.05) is 13.2 Å². The van der Waals surface area contributed by atoms with Gasteiger partial charge in [-0.1, -0.05) is 335 Å². The molecule has 2 atom stereocenters. The van der Waals surface area contributed by atoms with Gasteiger partial charge in [0.1, 0.15) is 0 Å². The number of unbranched alkanes of at least 4 members (excludes halogenated alkanes) is 50. The number of amides is 1. The summed E-state index contributed by atoms with van der Waals surface area (Å²) in [5.74, 6) is -0.0193. The summed E-state index contributed by atoms with van der Waals surface area (Å²) in [5.41, 5.74) is 0. The SMILES string of the molecule is CCCCCCCCCCCCCCCCCCCCCC(=O)OCCCCCCCCCCCCCCCCCCCCCC(=O)NC(CO)C(O)CCCCCCCCCCCCCCCCC.